The molecule has 0 saturated heterocycles. The summed E-state index contributed by atoms with van der Waals surface area (Å²) in [5.74, 6) is -0.222. The van der Waals surface area contributed by atoms with Crippen molar-refractivity contribution < 1.29 is 4.39 Å². The van der Waals surface area contributed by atoms with E-state index in [-0.39, 0.29) is 5.82 Å². The first kappa shape index (κ1) is 14.7. The van der Waals surface area contributed by atoms with E-state index in [0.29, 0.717) is 0 Å². The van der Waals surface area contributed by atoms with Gasteiger partial charge in [-0.1, -0.05) is 79.4 Å². The van der Waals surface area contributed by atoms with E-state index in [2.05, 4.69) is 30.8 Å². The van der Waals surface area contributed by atoms with Gasteiger partial charge < -0.3 is 0 Å². The van der Waals surface area contributed by atoms with E-state index < -0.39 is 7.92 Å². The van der Waals surface area contributed by atoms with Crippen LogP contribution in [0.25, 0.3) is 5.31 Å². The Hall–Kier alpha value is -2.24. The van der Waals surface area contributed by atoms with Crippen molar-refractivity contribution in [2.24, 2.45) is 0 Å². The molecule has 0 saturated carbocycles. The highest BCUT2D eigenvalue weighted by Crippen LogP contribution is 2.47. The van der Waals surface area contributed by atoms with Gasteiger partial charge in [-0.3, -0.25) is 0 Å². The van der Waals surface area contributed by atoms with Crippen LogP contribution in [-0.4, -0.2) is 0 Å². The van der Waals surface area contributed by atoms with Crippen LogP contribution in [0.5, 0.6) is 0 Å². The number of benzene rings is 3. The fraction of sp³-hybridized carbons (Fsp3) is 0. The Bertz CT molecular complexity index is 709. The highest BCUT2D eigenvalue weighted by atomic mass is 31.1. The zero-order valence-corrected chi connectivity index (χ0v) is 13.0. The molecule has 0 heterocycles. The molecule has 3 aromatic rings. The van der Waals surface area contributed by atoms with Crippen molar-refractivity contribution in [1.82, 2.24) is 0 Å². The summed E-state index contributed by atoms with van der Waals surface area (Å²) in [5, 5.41) is 3.53. The van der Waals surface area contributed by atoms with Crippen molar-refractivity contribution in [2.45, 2.75) is 0 Å². The molecule has 3 rings (SSSR count). The van der Waals surface area contributed by atoms with Crippen LogP contribution < -0.4 is 10.6 Å². The van der Waals surface area contributed by atoms with Gasteiger partial charge >= 0.3 is 0 Å². The lowest BCUT2D eigenvalue weighted by atomic mass is 10.2. The third kappa shape index (κ3) is 3.16. The van der Waals surface area contributed by atoms with Crippen LogP contribution in [0.15, 0.2) is 91.5 Å². The molecule has 0 N–H and O–H groups in total. The minimum absolute atomic E-state index is 0.222. The lowest BCUT2D eigenvalue weighted by Crippen LogP contribution is -2.12. The second kappa shape index (κ2) is 6.68. The summed E-state index contributed by atoms with van der Waals surface area (Å²) < 4.78 is 13.2. The fourth-order valence-electron chi connectivity index (χ4n) is 2.39. The Morgan fingerprint density at radius 2 is 1.14 bits per heavy atom. The van der Waals surface area contributed by atoms with Crippen molar-refractivity contribution in [1.29, 1.82) is 0 Å². The molecule has 22 heavy (non-hydrogen) atoms. The summed E-state index contributed by atoms with van der Waals surface area (Å²) in [6.45, 7) is 4.31. The third-order valence-corrected chi connectivity index (χ3v) is 5.90. The molecular weight excluding hydrogens is 290 g/mol. The maximum Gasteiger partial charge on any atom is 0.123 e. The minimum Gasteiger partial charge on any atom is -0.207 e. The summed E-state index contributed by atoms with van der Waals surface area (Å²) in [6.07, 6.45) is 0. The Kier molecular flexibility index (Phi) is 4.46. The van der Waals surface area contributed by atoms with Gasteiger partial charge in [0.15, 0.2) is 0 Å². The van der Waals surface area contributed by atoms with E-state index in [1.807, 2.05) is 36.4 Å². The number of hydrogen-bond donors (Lipinski definition) is 0. The molecule has 3 aromatic carbocycles. The first-order chi connectivity index (χ1) is 10.8. The molecular formula is C20H16FP. The van der Waals surface area contributed by atoms with Gasteiger partial charge in [0, 0.05) is 0 Å². The summed E-state index contributed by atoms with van der Waals surface area (Å²) in [7, 11) is -0.715. The average Bonchev–Trinajstić information content (AvgIpc) is 2.57. The summed E-state index contributed by atoms with van der Waals surface area (Å²) in [4.78, 5) is 0. The van der Waals surface area contributed by atoms with Gasteiger partial charge in [0.1, 0.15) is 5.82 Å². The van der Waals surface area contributed by atoms with Gasteiger partial charge in [0.2, 0.25) is 0 Å². The SMILES string of the molecule is C=C(c1ccc(F)cc1)P(c1ccccc1)c1ccccc1. The summed E-state index contributed by atoms with van der Waals surface area (Å²) >= 11 is 0. The summed E-state index contributed by atoms with van der Waals surface area (Å²) in [6, 6.07) is 27.3. The molecule has 0 spiro atoms. The van der Waals surface area contributed by atoms with E-state index in [9.17, 15) is 4.39 Å². The number of rotatable bonds is 4. The van der Waals surface area contributed by atoms with Crippen molar-refractivity contribution in [3.63, 3.8) is 0 Å². The predicted octanol–water partition coefficient (Wildman–Crippen LogP) is 4.93. The van der Waals surface area contributed by atoms with E-state index in [0.717, 1.165) is 10.9 Å². The zero-order valence-electron chi connectivity index (χ0n) is 12.1. The van der Waals surface area contributed by atoms with Gasteiger partial charge in [0.05, 0.1) is 0 Å². The largest absolute Gasteiger partial charge is 0.207 e. The molecule has 0 atom stereocenters. The smallest absolute Gasteiger partial charge is 0.123 e. The normalized spacial score (nSPS) is 10.6. The molecule has 0 aliphatic carbocycles. The van der Waals surface area contributed by atoms with Crippen LogP contribution in [0.4, 0.5) is 4.39 Å². The van der Waals surface area contributed by atoms with Crippen LogP contribution in [0.3, 0.4) is 0 Å². The van der Waals surface area contributed by atoms with Crippen molar-refractivity contribution in [3.05, 3.63) is 103 Å². The monoisotopic (exact) mass is 306 g/mol. The third-order valence-electron chi connectivity index (χ3n) is 3.48. The Labute approximate surface area is 131 Å². The molecule has 108 valence electrons. The zero-order chi connectivity index (χ0) is 15.4. The second-order valence-electron chi connectivity index (χ2n) is 4.96. The van der Waals surface area contributed by atoms with Crippen LogP contribution in [-0.2, 0) is 0 Å². The Morgan fingerprint density at radius 3 is 1.59 bits per heavy atom. The number of halogens is 1. The van der Waals surface area contributed by atoms with E-state index in [1.54, 1.807) is 12.1 Å². The van der Waals surface area contributed by atoms with E-state index in [1.165, 1.54) is 22.7 Å². The Balaban J connectivity index is 2.06. The fourth-order valence-corrected chi connectivity index (χ4v) is 4.66. The highest BCUT2D eigenvalue weighted by Gasteiger charge is 2.18. The average molecular weight is 306 g/mol. The molecule has 0 aromatic heterocycles. The Morgan fingerprint density at radius 1 is 0.682 bits per heavy atom. The first-order valence-corrected chi connectivity index (χ1v) is 8.45. The molecule has 2 heteroatoms. The van der Waals surface area contributed by atoms with Gasteiger partial charge in [-0.2, -0.15) is 0 Å². The van der Waals surface area contributed by atoms with Gasteiger partial charge in [-0.25, -0.2) is 4.39 Å². The maximum atomic E-state index is 13.2. The van der Waals surface area contributed by atoms with Crippen LogP contribution in [0.1, 0.15) is 5.56 Å². The van der Waals surface area contributed by atoms with Crippen molar-refractivity contribution >= 4 is 23.8 Å². The molecule has 0 nitrogen and oxygen atoms in total. The van der Waals surface area contributed by atoms with Crippen molar-refractivity contribution in [2.75, 3.05) is 0 Å². The predicted molar refractivity (Wildman–Crippen MR) is 94.5 cm³/mol. The lowest BCUT2D eigenvalue weighted by Gasteiger charge is -2.21. The van der Waals surface area contributed by atoms with Gasteiger partial charge in [-0.05, 0) is 41.5 Å². The minimum atomic E-state index is -0.715. The summed E-state index contributed by atoms with van der Waals surface area (Å²) in [5.41, 5.74) is 0.986. The lowest BCUT2D eigenvalue weighted by molar-refractivity contribution is 0.628. The quantitative estimate of drug-likeness (QED) is 0.600. The van der Waals surface area contributed by atoms with Crippen LogP contribution >= 0.6 is 7.92 Å². The maximum absolute atomic E-state index is 13.2. The topological polar surface area (TPSA) is 0 Å². The standard InChI is InChI=1S/C20H16FP/c1-16(17-12-14-18(21)15-13-17)22(19-8-4-2-5-9-19)20-10-6-3-7-11-20/h2-15H,1H2. The van der Waals surface area contributed by atoms with Crippen LogP contribution in [0.2, 0.25) is 0 Å². The molecule has 0 radical (unpaired) electrons. The second-order valence-corrected chi connectivity index (χ2v) is 7.20. The van der Waals surface area contributed by atoms with Gasteiger partial charge in [-0.15, -0.1) is 0 Å². The van der Waals surface area contributed by atoms with Crippen molar-refractivity contribution in [3.8, 4) is 0 Å². The van der Waals surface area contributed by atoms with E-state index >= 15 is 0 Å². The molecule has 0 amide bonds. The number of hydrogen-bond acceptors (Lipinski definition) is 0. The molecule has 0 unspecified atom stereocenters. The molecule has 0 bridgehead atoms. The van der Waals surface area contributed by atoms with Gasteiger partial charge in [0.25, 0.3) is 0 Å². The van der Waals surface area contributed by atoms with Crippen LogP contribution in [0, 0.1) is 5.82 Å². The molecule has 0 aliphatic heterocycles. The first-order valence-electron chi connectivity index (χ1n) is 7.11. The van der Waals surface area contributed by atoms with E-state index in [4.69, 9.17) is 0 Å². The highest BCUT2D eigenvalue weighted by molar-refractivity contribution is 7.82. The molecule has 0 fully saturated rings. The molecule has 0 aliphatic rings.